The molecule has 3 heterocycles. The fourth-order valence-electron chi connectivity index (χ4n) is 4.53. The molecule has 2 atom stereocenters. The number of benzene rings is 2. The molecule has 0 spiro atoms. The van der Waals surface area contributed by atoms with Gasteiger partial charge in [0, 0.05) is 29.5 Å². The quantitative estimate of drug-likeness (QED) is 0.324. The molecule has 0 aliphatic carbocycles. The molecule has 1 aliphatic rings. The van der Waals surface area contributed by atoms with Gasteiger partial charge in [-0.15, -0.1) is 0 Å². The first-order valence-corrected chi connectivity index (χ1v) is 13.6. The highest BCUT2D eigenvalue weighted by Crippen LogP contribution is 2.43. The summed E-state index contributed by atoms with van der Waals surface area (Å²) >= 11 is 5.82. The molecule has 184 valence electrons. The zero-order chi connectivity index (χ0) is 25.4. The molecule has 3 N–H and O–H groups in total. The number of phenols is 1. The van der Waals surface area contributed by atoms with E-state index in [0.717, 1.165) is 34.6 Å². The van der Waals surface area contributed by atoms with E-state index in [1.165, 1.54) is 0 Å². The fourth-order valence-corrected chi connectivity index (χ4v) is 5.50. The summed E-state index contributed by atoms with van der Waals surface area (Å²) < 4.78 is 28.2. The highest BCUT2D eigenvalue weighted by Gasteiger charge is 2.42. The number of nitrogens with one attached hydrogen (secondary N) is 2. The van der Waals surface area contributed by atoms with E-state index in [2.05, 4.69) is 19.6 Å². The molecule has 1 saturated heterocycles. The van der Waals surface area contributed by atoms with Crippen molar-refractivity contribution in [1.82, 2.24) is 14.9 Å². The van der Waals surface area contributed by atoms with Crippen molar-refractivity contribution in [3.8, 4) is 11.4 Å². The molecule has 2 aromatic carbocycles. The van der Waals surface area contributed by atoms with E-state index in [4.69, 9.17) is 12.2 Å². The Morgan fingerprint density at radius 3 is 2.44 bits per heavy atom. The van der Waals surface area contributed by atoms with Crippen LogP contribution in [0.1, 0.15) is 29.0 Å². The number of sulfonamides is 1. The van der Waals surface area contributed by atoms with Gasteiger partial charge in [0.05, 0.1) is 23.7 Å². The van der Waals surface area contributed by atoms with Gasteiger partial charge in [-0.25, -0.2) is 8.42 Å². The van der Waals surface area contributed by atoms with Gasteiger partial charge in [-0.2, -0.15) is 0 Å². The molecule has 36 heavy (non-hydrogen) atoms. The third-order valence-electron chi connectivity index (χ3n) is 6.09. The van der Waals surface area contributed by atoms with Crippen LogP contribution in [-0.2, 0) is 10.0 Å². The van der Waals surface area contributed by atoms with Crippen LogP contribution in [0.25, 0.3) is 5.69 Å². The average Bonchev–Trinajstić information content (AvgIpc) is 3.45. The minimum Gasteiger partial charge on any atom is -0.508 e. The van der Waals surface area contributed by atoms with Crippen molar-refractivity contribution in [3.05, 3.63) is 102 Å². The van der Waals surface area contributed by atoms with Gasteiger partial charge in [-0.1, -0.05) is 6.07 Å². The van der Waals surface area contributed by atoms with Crippen LogP contribution in [0, 0.1) is 6.92 Å². The van der Waals surface area contributed by atoms with Gasteiger partial charge in [0.1, 0.15) is 11.8 Å². The Morgan fingerprint density at radius 1 is 1.03 bits per heavy atom. The van der Waals surface area contributed by atoms with E-state index in [0.29, 0.717) is 10.8 Å². The molecule has 0 saturated carbocycles. The van der Waals surface area contributed by atoms with Crippen molar-refractivity contribution in [1.29, 1.82) is 0 Å². The summed E-state index contributed by atoms with van der Waals surface area (Å²) in [6.45, 7) is 1.86. The van der Waals surface area contributed by atoms with Crippen LogP contribution in [0.3, 0.4) is 0 Å². The maximum atomic E-state index is 11.8. The van der Waals surface area contributed by atoms with E-state index in [9.17, 15) is 13.5 Å². The third-order valence-corrected chi connectivity index (χ3v) is 7.00. The van der Waals surface area contributed by atoms with Crippen molar-refractivity contribution in [3.63, 3.8) is 0 Å². The number of aryl methyl sites for hydroxylation is 1. The second-order valence-corrected chi connectivity index (χ2v) is 10.8. The number of aromatic nitrogens is 2. The second kappa shape index (κ2) is 9.29. The first-order chi connectivity index (χ1) is 17.2. The Labute approximate surface area is 215 Å². The average molecular weight is 520 g/mol. The van der Waals surface area contributed by atoms with E-state index >= 15 is 0 Å². The van der Waals surface area contributed by atoms with E-state index < -0.39 is 10.0 Å². The minimum absolute atomic E-state index is 0.197. The summed E-state index contributed by atoms with van der Waals surface area (Å²) in [5, 5.41) is 13.8. The number of pyridine rings is 1. The van der Waals surface area contributed by atoms with Gasteiger partial charge >= 0.3 is 0 Å². The Hall–Kier alpha value is -3.89. The number of phenolic OH excluding ortho intramolecular Hbond substituents is 1. The van der Waals surface area contributed by atoms with Gasteiger partial charge in [-0.05, 0) is 91.4 Å². The summed E-state index contributed by atoms with van der Waals surface area (Å²) in [6, 6.07) is 21.9. The molecular formula is C26H25N5O3S2. The van der Waals surface area contributed by atoms with Gasteiger partial charge in [-0.3, -0.25) is 9.71 Å². The molecule has 4 aromatic rings. The predicted molar refractivity (Wildman–Crippen MR) is 145 cm³/mol. The minimum atomic E-state index is -3.40. The van der Waals surface area contributed by atoms with Gasteiger partial charge in [0.2, 0.25) is 10.0 Å². The Kier molecular flexibility index (Phi) is 6.15. The van der Waals surface area contributed by atoms with Gasteiger partial charge in [0.15, 0.2) is 5.11 Å². The van der Waals surface area contributed by atoms with Crippen molar-refractivity contribution in [2.24, 2.45) is 0 Å². The molecular weight excluding hydrogens is 494 g/mol. The molecule has 0 radical (unpaired) electrons. The molecule has 0 amide bonds. The van der Waals surface area contributed by atoms with Crippen LogP contribution in [-0.4, -0.2) is 34.4 Å². The van der Waals surface area contributed by atoms with Crippen LogP contribution in [0.15, 0.2) is 85.2 Å². The second-order valence-electron chi connectivity index (χ2n) is 8.69. The Bertz CT molecular complexity index is 1520. The lowest BCUT2D eigenvalue weighted by molar-refractivity contribution is 0.475. The first-order valence-electron chi connectivity index (χ1n) is 11.3. The van der Waals surface area contributed by atoms with Crippen molar-refractivity contribution in [2.75, 3.05) is 15.9 Å². The van der Waals surface area contributed by atoms with Crippen LogP contribution in [0.2, 0.25) is 0 Å². The highest BCUT2D eigenvalue weighted by atomic mass is 32.2. The van der Waals surface area contributed by atoms with Crippen molar-refractivity contribution in [2.45, 2.75) is 19.0 Å². The number of nitrogens with zero attached hydrogens (tertiary/aromatic N) is 3. The number of thiocarbonyl (C=S) groups is 1. The first kappa shape index (κ1) is 23.8. The normalized spacial score (nSPS) is 17.7. The zero-order valence-electron chi connectivity index (χ0n) is 19.7. The lowest BCUT2D eigenvalue weighted by Gasteiger charge is -2.29. The zero-order valence-corrected chi connectivity index (χ0v) is 21.3. The Balaban J connectivity index is 1.63. The number of hydrogen-bond acceptors (Lipinski definition) is 5. The summed E-state index contributed by atoms with van der Waals surface area (Å²) in [5.41, 5.74) is 4.83. The smallest absolute Gasteiger partial charge is 0.229 e. The molecule has 1 fully saturated rings. The number of hydrogen-bond donors (Lipinski definition) is 3. The van der Waals surface area contributed by atoms with Gasteiger partial charge in [0.25, 0.3) is 0 Å². The predicted octanol–water partition coefficient (Wildman–Crippen LogP) is 4.43. The van der Waals surface area contributed by atoms with E-state index in [-0.39, 0.29) is 17.8 Å². The van der Waals surface area contributed by atoms with Crippen LogP contribution in [0.5, 0.6) is 5.75 Å². The topological polar surface area (TPSA) is 99.5 Å². The molecule has 0 unspecified atom stereocenters. The fraction of sp³-hybridized carbons (Fsp3) is 0.154. The van der Waals surface area contributed by atoms with Crippen LogP contribution < -0.4 is 14.9 Å². The molecule has 8 nitrogen and oxygen atoms in total. The van der Waals surface area contributed by atoms with Crippen LogP contribution >= 0.6 is 12.2 Å². The van der Waals surface area contributed by atoms with Gasteiger partial charge < -0.3 is 19.9 Å². The lowest BCUT2D eigenvalue weighted by atomic mass is 10.0. The summed E-state index contributed by atoms with van der Waals surface area (Å²) in [4.78, 5) is 6.64. The number of rotatable bonds is 6. The SMILES string of the molecule is Cc1cc(N2C(=S)N[C@@H](c3ccccn3)[C@@H]2c2cccn2-c2ccc(O)cc2)ccc1NS(C)(=O)=O. The van der Waals surface area contributed by atoms with Crippen molar-refractivity contribution < 1.29 is 13.5 Å². The largest absolute Gasteiger partial charge is 0.508 e. The molecule has 0 bridgehead atoms. The van der Waals surface area contributed by atoms with Crippen LogP contribution in [0.4, 0.5) is 11.4 Å². The van der Waals surface area contributed by atoms with Crippen molar-refractivity contribution >= 4 is 38.7 Å². The summed E-state index contributed by atoms with van der Waals surface area (Å²) in [6.07, 6.45) is 4.86. The molecule has 5 rings (SSSR count). The number of aromatic hydroxyl groups is 1. The maximum absolute atomic E-state index is 11.8. The maximum Gasteiger partial charge on any atom is 0.229 e. The highest BCUT2D eigenvalue weighted by molar-refractivity contribution is 7.92. The Morgan fingerprint density at radius 2 is 1.78 bits per heavy atom. The van der Waals surface area contributed by atoms with E-state index in [1.807, 2.05) is 72.6 Å². The third kappa shape index (κ3) is 4.65. The monoisotopic (exact) mass is 519 g/mol. The molecule has 1 aliphatic heterocycles. The molecule has 10 heteroatoms. The lowest BCUT2D eigenvalue weighted by Crippen LogP contribution is -2.30. The molecule has 2 aromatic heterocycles. The summed E-state index contributed by atoms with van der Waals surface area (Å²) in [5.74, 6) is 0.197. The van der Waals surface area contributed by atoms with E-state index in [1.54, 1.807) is 24.4 Å². The summed E-state index contributed by atoms with van der Waals surface area (Å²) in [7, 11) is -3.40. The standard InChI is InChI=1S/C26H25N5O3S2/c1-17-16-19(10-13-21(17)29-36(2,33)34)31-25(24(28-26(31)35)22-6-3-4-14-27-22)23-7-5-15-30(23)18-8-11-20(32)12-9-18/h3-16,24-25,29,32H,1-2H3,(H,28,35)/t24-,25-/m0/s1. The number of anilines is 2.